The molecule has 0 bridgehead atoms. The summed E-state index contributed by atoms with van der Waals surface area (Å²) in [7, 11) is 0. The van der Waals surface area contributed by atoms with E-state index in [4.69, 9.17) is 9.85 Å². The van der Waals surface area contributed by atoms with E-state index in [9.17, 15) is 31.9 Å². The highest BCUT2D eigenvalue weighted by Crippen LogP contribution is 2.36. The summed E-state index contributed by atoms with van der Waals surface area (Å²) in [4.78, 5) is 19.5. The fraction of sp³-hybridized carbons (Fsp3) is 0.136. The van der Waals surface area contributed by atoms with E-state index in [1.54, 1.807) is 0 Å². The average molecular weight is 498 g/mol. The minimum Gasteiger partial charge on any atom is -0.382 e. The minimum absolute atomic E-state index is 0.244. The molecule has 4 N–H and O–H groups in total. The maximum atomic E-state index is 15.1. The van der Waals surface area contributed by atoms with E-state index in [-0.39, 0.29) is 10.1 Å². The first-order chi connectivity index (χ1) is 17.6. The van der Waals surface area contributed by atoms with Gasteiger partial charge < -0.3 is 16.2 Å². The standard InChI is InChI=1S/C22H15F6N5O2/c1-9-31-17(18-20(29)30-8-16(33(9)18)22(26,27)28)14-3-2-13(7-15(14)25)32-21(35)19(34)10-4-11(23)6-12(24)5-10/h2-8,19,34H,1H3,(H2,29,30)(H,32,35)/i1D3. The van der Waals surface area contributed by atoms with Gasteiger partial charge in [-0.3, -0.25) is 9.20 Å². The Morgan fingerprint density at radius 3 is 2.46 bits per heavy atom. The number of halogens is 6. The summed E-state index contributed by atoms with van der Waals surface area (Å²) in [5, 5.41) is 12.2. The number of aliphatic hydroxyl groups is 1. The van der Waals surface area contributed by atoms with E-state index in [2.05, 4.69) is 15.3 Å². The number of rotatable bonds is 4. The molecule has 2 heterocycles. The molecule has 2 aromatic carbocycles. The van der Waals surface area contributed by atoms with Gasteiger partial charge in [0.1, 0.15) is 46.0 Å². The second kappa shape index (κ2) is 8.58. The van der Waals surface area contributed by atoms with E-state index in [1.165, 1.54) is 0 Å². The lowest BCUT2D eigenvalue weighted by Gasteiger charge is -2.13. The number of aliphatic hydroxyl groups excluding tert-OH is 1. The van der Waals surface area contributed by atoms with Crippen molar-refractivity contribution in [2.75, 3.05) is 11.1 Å². The van der Waals surface area contributed by atoms with Crippen LogP contribution in [-0.4, -0.2) is 25.4 Å². The summed E-state index contributed by atoms with van der Waals surface area (Å²) in [5.41, 5.74) is 1.92. The number of nitrogens with zero attached hydrogens (tertiary/aromatic N) is 3. The van der Waals surface area contributed by atoms with Crippen LogP contribution in [0.2, 0.25) is 0 Å². The molecule has 7 nitrogen and oxygen atoms in total. The zero-order valence-corrected chi connectivity index (χ0v) is 17.2. The number of nitrogen functional groups attached to an aromatic ring is 1. The SMILES string of the molecule is [2H]C([2H])([2H])c1nc(-c2ccc(NC(=O)C(O)c3cc(F)cc(F)c3)cc2F)c2c(N)ncc(C(F)(F)F)n12. The third kappa shape index (κ3) is 4.49. The van der Waals surface area contributed by atoms with Crippen LogP contribution < -0.4 is 11.1 Å². The zero-order valence-electron chi connectivity index (χ0n) is 20.2. The van der Waals surface area contributed by atoms with Gasteiger partial charge >= 0.3 is 6.18 Å². The summed E-state index contributed by atoms with van der Waals surface area (Å²) in [5.74, 6) is -6.03. The van der Waals surface area contributed by atoms with Crippen molar-refractivity contribution in [2.24, 2.45) is 0 Å². The Morgan fingerprint density at radius 1 is 1.17 bits per heavy atom. The number of anilines is 2. The number of carbonyl (C=O) groups excluding carboxylic acids is 1. The van der Waals surface area contributed by atoms with Gasteiger partial charge in [0.25, 0.3) is 5.91 Å². The maximum absolute atomic E-state index is 15.1. The van der Waals surface area contributed by atoms with Gasteiger partial charge in [-0.05, 0) is 42.7 Å². The van der Waals surface area contributed by atoms with Gasteiger partial charge in [-0.1, -0.05) is 0 Å². The van der Waals surface area contributed by atoms with Crippen LogP contribution in [0, 0.1) is 24.3 Å². The lowest BCUT2D eigenvalue weighted by molar-refractivity contribution is -0.142. The van der Waals surface area contributed by atoms with Crippen molar-refractivity contribution in [2.45, 2.75) is 19.1 Å². The first kappa shape index (κ1) is 20.3. The van der Waals surface area contributed by atoms with E-state index >= 15 is 4.39 Å². The zero-order chi connectivity index (χ0) is 28.2. The number of carbonyl (C=O) groups is 1. The van der Waals surface area contributed by atoms with Crippen LogP contribution in [0.3, 0.4) is 0 Å². The molecular weight excluding hydrogens is 480 g/mol. The molecule has 1 atom stereocenters. The number of hydrogen-bond acceptors (Lipinski definition) is 5. The van der Waals surface area contributed by atoms with Gasteiger partial charge in [-0.15, -0.1) is 0 Å². The third-order valence-electron chi connectivity index (χ3n) is 4.92. The predicted octanol–water partition coefficient (Wildman–Crippen LogP) is 4.40. The predicted molar refractivity (Wildman–Crippen MR) is 112 cm³/mol. The Kier molecular flexibility index (Phi) is 4.97. The van der Waals surface area contributed by atoms with Crippen LogP contribution in [0.15, 0.2) is 42.6 Å². The lowest BCUT2D eigenvalue weighted by atomic mass is 10.1. The minimum atomic E-state index is -5.06. The number of nitrogens with one attached hydrogen (secondary N) is 1. The van der Waals surface area contributed by atoms with Crippen molar-refractivity contribution >= 4 is 22.9 Å². The van der Waals surface area contributed by atoms with Crippen molar-refractivity contribution in [3.8, 4) is 11.3 Å². The molecule has 35 heavy (non-hydrogen) atoms. The summed E-state index contributed by atoms with van der Waals surface area (Å²) in [6.45, 7) is -3.16. The van der Waals surface area contributed by atoms with Crippen LogP contribution in [-0.2, 0) is 11.0 Å². The largest absolute Gasteiger partial charge is 0.433 e. The number of aryl methyl sites for hydroxylation is 1. The highest BCUT2D eigenvalue weighted by molar-refractivity contribution is 5.95. The first-order valence-corrected chi connectivity index (χ1v) is 9.57. The smallest absolute Gasteiger partial charge is 0.382 e. The summed E-state index contributed by atoms with van der Waals surface area (Å²) in [6.07, 6.45) is -6.77. The monoisotopic (exact) mass is 498 g/mol. The Bertz CT molecular complexity index is 1550. The second-order valence-electron chi connectivity index (χ2n) is 7.28. The van der Waals surface area contributed by atoms with Crippen molar-refractivity contribution in [1.82, 2.24) is 14.4 Å². The number of aromatic nitrogens is 3. The molecule has 0 saturated carbocycles. The normalized spacial score (nSPS) is 14.3. The van der Waals surface area contributed by atoms with Gasteiger partial charge in [-0.25, -0.2) is 23.1 Å². The van der Waals surface area contributed by atoms with Crippen LogP contribution in [0.4, 0.5) is 37.8 Å². The topological polar surface area (TPSA) is 106 Å². The Balaban J connectivity index is 1.76. The van der Waals surface area contributed by atoms with Crippen LogP contribution in [0.25, 0.3) is 16.8 Å². The molecule has 2 aromatic heterocycles. The molecule has 0 aliphatic carbocycles. The number of amides is 1. The summed E-state index contributed by atoms with van der Waals surface area (Å²) >= 11 is 0. The van der Waals surface area contributed by atoms with E-state index in [1.807, 2.05) is 0 Å². The van der Waals surface area contributed by atoms with Gasteiger partial charge in [-0.2, -0.15) is 13.2 Å². The Morgan fingerprint density at radius 2 is 1.86 bits per heavy atom. The van der Waals surface area contributed by atoms with E-state index < -0.39 is 82.2 Å². The first-order valence-electron chi connectivity index (χ1n) is 11.1. The van der Waals surface area contributed by atoms with Gasteiger partial charge in [0.2, 0.25) is 0 Å². The molecule has 0 fully saturated rings. The maximum Gasteiger partial charge on any atom is 0.433 e. The quantitative estimate of drug-likeness (QED) is 0.362. The number of hydrogen-bond donors (Lipinski definition) is 3. The molecule has 1 unspecified atom stereocenters. The van der Waals surface area contributed by atoms with E-state index in [0.29, 0.717) is 18.3 Å². The van der Waals surface area contributed by atoms with Crippen LogP contribution >= 0.6 is 0 Å². The second-order valence-corrected chi connectivity index (χ2v) is 7.28. The van der Waals surface area contributed by atoms with Crippen molar-refractivity contribution in [3.63, 3.8) is 0 Å². The lowest BCUT2D eigenvalue weighted by Crippen LogP contribution is -2.21. The van der Waals surface area contributed by atoms with Crippen LogP contribution in [0.1, 0.15) is 27.3 Å². The van der Waals surface area contributed by atoms with E-state index in [0.717, 1.165) is 24.3 Å². The Hall–Kier alpha value is -4.13. The Labute approximate surface area is 197 Å². The number of benzene rings is 2. The molecule has 1 amide bonds. The molecule has 0 saturated heterocycles. The highest BCUT2D eigenvalue weighted by atomic mass is 19.4. The fourth-order valence-electron chi connectivity index (χ4n) is 3.41. The highest BCUT2D eigenvalue weighted by Gasteiger charge is 2.36. The van der Waals surface area contributed by atoms with Crippen molar-refractivity contribution < 1.29 is 40.4 Å². The molecule has 182 valence electrons. The molecule has 0 aliphatic rings. The van der Waals surface area contributed by atoms with Gasteiger partial charge in [0.05, 0.1) is 6.20 Å². The third-order valence-corrected chi connectivity index (χ3v) is 4.92. The van der Waals surface area contributed by atoms with Crippen molar-refractivity contribution in [3.05, 3.63) is 77.1 Å². The van der Waals surface area contributed by atoms with Crippen LogP contribution in [0.5, 0.6) is 0 Å². The van der Waals surface area contributed by atoms with Gasteiger partial charge in [0, 0.05) is 21.4 Å². The summed E-state index contributed by atoms with van der Waals surface area (Å²) in [6, 6.07) is 4.73. The number of fused-ring (bicyclic) bond motifs is 1. The average Bonchev–Trinajstić information content (AvgIpc) is 3.19. The molecule has 4 aromatic rings. The van der Waals surface area contributed by atoms with Gasteiger partial charge in [0.15, 0.2) is 6.10 Å². The number of alkyl halides is 3. The fourth-order valence-corrected chi connectivity index (χ4v) is 3.41. The molecule has 13 heteroatoms. The number of nitrogens with two attached hydrogens (primary N) is 1. The molecule has 0 radical (unpaired) electrons. The number of imidazole rings is 1. The summed E-state index contributed by atoms with van der Waals surface area (Å²) < 4.78 is 106. The van der Waals surface area contributed by atoms with Crippen molar-refractivity contribution in [1.29, 1.82) is 0 Å². The molecule has 0 spiro atoms. The molecule has 4 rings (SSSR count). The molecule has 0 aliphatic heterocycles. The molecular formula is C22H15F6N5O2.